The van der Waals surface area contributed by atoms with Gasteiger partial charge >= 0.3 is 0 Å². The van der Waals surface area contributed by atoms with Crippen LogP contribution in [-0.4, -0.2) is 42.5 Å². The Morgan fingerprint density at radius 2 is 2.07 bits per heavy atom. The fourth-order valence-corrected chi connectivity index (χ4v) is 3.91. The third kappa shape index (κ3) is 5.60. The molecule has 3 rings (SSSR count). The van der Waals surface area contributed by atoms with Crippen molar-refractivity contribution in [2.75, 3.05) is 26.7 Å². The molecule has 0 spiro atoms. The summed E-state index contributed by atoms with van der Waals surface area (Å²) in [4.78, 5) is 19.6. The summed E-state index contributed by atoms with van der Waals surface area (Å²) in [5, 5.41) is 4.14. The quantitative estimate of drug-likeness (QED) is 0.597. The minimum absolute atomic E-state index is 0.00988. The number of fused-ring (bicyclic) bond motifs is 1. The van der Waals surface area contributed by atoms with Gasteiger partial charge in [-0.1, -0.05) is 24.3 Å². The first-order valence-corrected chi connectivity index (χ1v) is 10.1. The van der Waals surface area contributed by atoms with Gasteiger partial charge in [0.1, 0.15) is 0 Å². The molecular weight excluding hydrogens is 356 g/mol. The molecule has 0 saturated carbocycles. The topological polar surface area (TPSA) is 71.2 Å². The van der Waals surface area contributed by atoms with Crippen molar-refractivity contribution in [1.82, 2.24) is 15.2 Å². The Balaban J connectivity index is 1.36. The van der Waals surface area contributed by atoms with Gasteiger partial charge in [0.15, 0.2) is 0 Å². The molecule has 6 heteroatoms. The highest BCUT2D eigenvalue weighted by Crippen LogP contribution is 2.24. The van der Waals surface area contributed by atoms with Gasteiger partial charge in [0.2, 0.25) is 0 Å². The first kappa shape index (κ1) is 19.5. The Bertz CT molecular complexity index is 842. The van der Waals surface area contributed by atoms with Crippen LogP contribution in [0.5, 0.6) is 0 Å². The summed E-state index contributed by atoms with van der Waals surface area (Å²) in [6, 6.07) is 14.1. The SMILES string of the molecule is CN(CCCc1ccc(CN)nc1)CCNC(=O)c1cc2ccccc2s1. The third-order valence-electron chi connectivity index (χ3n) is 4.53. The van der Waals surface area contributed by atoms with Crippen molar-refractivity contribution in [3.8, 4) is 0 Å². The Morgan fingerprint density at radius 1 is 1.22 bits per heavy atom. The zero-order valence-electron chi connectivity index (χ0n) is 15.6. The molecule has 3 N–H and O–H groups in total. The highest BCUT2D eigenvalue weighted by Gasteiger charge is 2.09. The molecule has 0 aliphatic rings. The van der Waals surface area contributed by atoms with E-state index in [1.54, 1.807) is 0 Å². The molecule has 5 nitrogen and oxygen atoms in total. The molecule has 142 valence electrons. The van der Waals surface area contributed by atoms with Crippen molar-refractivity contribution in [3.63, 3.8) is 0 Å². The van der Waals surface area contributed by atoms with Gasteiger partial charge < -0.3 is 16.0 Å². The third-order valence-corrected chi connectivity index (χ3v) is 5.64. The van der Waals surface area contributed by atoms with Gasteiger partial charge in [-0.15, -0.1) is 11.3 Å². The van der Waals surface area contributed by atoms with E-state index >= 15 is 0 Å². The standard InChI is InChI=1S/C21H26N4OS/c1-25(11-4-5-16-8-9-18(14-22)24-15-16)12-10-23-21(26)20-13-17-6-2-3-7-19(17)27-20/h2-3,6-9,13,15H,4-5,10-12,14,22H2,1H3,(H,23,26). The summed E-state index contributed by atoms with van der Waals surface area (Å²) in [6.07, 6.45) is 3.97. The van der Waals surface area contributed by atoms with Crippen molar-refractivity contribution in [3.05, 3.63) is 64.8 Å². The molecule has 0 radical (unpaired) electrons. The lowest BCUT2D eigenvalue weighted by Gasteiger charge is -2.16. The van der Waals surface area contributed by atoms with Crippen LogP contribution in [0.15, 0.2) is 48.7 Å². The van der Waals surface area contributed by atoms with Gasteiger partial charge in [0.05, 0.1) is 10.6 Å². The number of likely N-dealkylation sites (N-methyl/N-ethyl adjacent to an activating group) is 1. The van der Waals surface area contributed by atoms with Gasteiger partial charge in [0, 0.05) is 30.5 Å². The smallest absolute Gasteiger partial charge is 0.261 e. The summed E-state index contributed by atoms with van der Waals surface area (Å²) in [7, 11) is 2.08. The van der Waals surface area contributed by atoms with Crippen LogP contribution in [0.25, 0.3) is 10.1 Å². The van der Waals surface area contributed by atoms with Gasteiger partial charge in [0.25, 0.3) is 5.91 Å². The van der Waals surface area contributed by atoms with E-state index in [0.717, 1.165) is 46.6 Å². The lowest BCUT2D eigenvalue weighted by molar-refractivity contribution is 0.0954. The molecule has 1 amide bonds. The minimum Gasteiger partial charge on any atom is -0.350 e. The summed E-state index contributed by atoms with van der Waals surface area (Å²) < 4.78 is 1.15. The highest BCUT2D eigenvalue weighted by atomic mass is 32.1. The molecule has 0 unspecified atom stereocenters. The monoisotopic (exact) mass is 382 g/mol. The molecule has 2 aromatic heterocycles. The van der Waals surface area contributed by atoms with Crippen LogP contribution in [0.1, 0.15) is 27.3 Å². The molecule has 0 bridgehead atoms. The van der Waals surface area contributed by atoms with Crippen LogP contribution in [0, 0.1) is 0 Å². The number of rotatable bonds is 9. The lowest BCUT2D eigenvalue weighted by Crippen LogP contribution is -2.33. The minimum atomic E-state index is 0.00988. The molecule has 2 heterocycles. The molecule has 0 aliphatic carbocycles. The molecule has 3 aromatic rings. The number of amides is 1. The normalized spacial score (nSPS) is 11.2. The Labute approximate surface area is 164 Å². The summed E-state index contributed by atoms with van der Waals surface area (Å²) in [5.74, 6) is 0.00988. The fourth-order valence-electron chi connectivity index (χ4n) is 2.93. The number of aryl methyl sites for hydroxylation is 1. The number of benzene rings is 1. The van der Waals surface area contributed by atoms with E-state index < -0.39 is 0 Å². The van der Waals surface area contributed by atoms with Crippen molar-refractivity contribution >= 4 is 27.3 Å². The number of nitrogens with two attached hydrogens (primary N) is 1. The average Bonchev–Trinajstić information content (AvgIpc) is 3.13. The number of hydrogen-bond donors (Lipinski definition) is 2. The average molecular weight is 383 g/mol. The number of aromatic nitrogens is 1. The van der Waals surface area contributed by atoms with Crippen LogP contribution < -0.4 is 11.1 Å². The number of nitrogens with one attached hydrogen (secondary N) is 1. The number of nitrogens with zero attached hydrogens (tertiary/aromatic N) is 2. The van der Waals surface area contributed by atoms with E-state index in [4.69, 9.17) is 5.73 Å². The van der Waals surface area contributed by atoms with Crippen LogP contribution in [0.2, 0.25) is 0 Å². The van der Waals surface area contributed by atoms with Crippen molar-refractivity contribution in [1.29, 1.82) is 0 Å². The number of thiophene rings is 1. The van der Waals surface area contributed by atoms with Crippen LogP contribution in [0.3, 0.4) is 0 Å². The molecule has 0 fully saturated rings. The van der Waals surface area contributed by atoms with E-state index in [0.29, 0.717) is 13.1 Å². The second-order valence-electron chi connectivity index (χ2n) is 6.67. The van der Waals surface area contributed by atoms with E-state index in [1.807, 2.05) is 42.6 Å². The molecule has 0 aliphatic heterocycles. The molecule has 0 saturated heterocycles. The van der Waals surface area contributed by atoms with E-state index in [-0.39, 0.29) is 5.91 Å². The molecule has 0 atom stereocenters. The second-order valence-corrected chi connectivity index (χ2v) is 7.76. The summed E-state index contributed by atoms with van der Waals surface area (Å²) in [6.45, 7) is 2.95. The van der Waals surface area contributed by atoms with E-state index in [1.165, 1.54) is 16.9 Å². The largest absolute Gasteiger partial charge is 0.350 e. The zero-order chi connectivity index (χ0) is 19.1. The number of carbonyl (C=O) groups is 1. The first-order valence-electron chi connectivity index (χ1n) is 9.25. The van der Waals surface area contributed by atoms with E-state index in [9.17, 15) is 4.79 Å². The number of carbonyl (C=O) groups excluding carboxylic acids is 1. The number of pyridine rings is 1. The second kappa shape index (κ2) is 9.60. The van der Waals surface area contributed by atoms with Gasteiger partial charge in [-0.3, -0.25) is 9.78 Å². The molecule has 1 aromatic carbocycles. The summed E-state index contributed by atoms with van der Waals surface area (Å²) in [5.41, 5.74) is 7.72. The van der Waals surface area contributed by atoms with Crippen LogP contribution in [-0.2, 0) is 13.0 Å². The van der Waals surface area contributed by atoms with Crippen molar-refractivity contribution < 1.29 is 4.79 Å². The van der Waals surface area contributed by atoms with Crippen LogP contribution >= 0.6 is 11.3 Å². The predicted octanol–water partition coefficient (Wildman–Crippen LogP) is 3.05. The first-order chi connectivity index (χ1) is 13.2. The zero-order valence-corrected chi connectivity index (χ0v) is 16.5. The Hall–Kier alpha value is -2.28. The number of hydrogen-bond acceptors (Lipinski definition) is 5. The molecular formula is C21H26N4OS. The predicted molar refractivity (Wildman–Crippen MR) is 112 cm³/mol. The maximum Gasteiger partial charge on any atom is 0.261 e. The summed E-state index contributed by atoms with van der Waals surface area (Å²) >= 11 is 1.54. The van der Waals surface area contributed by atoms with Crippen molar-refractivity contribution in [2.24, 2.45) is 5.73 Å². The Morgan fingerprint density at radius 3 is 2.81 bits per heavy atom. The van der Waals surface area contributed by atoms with Gasteiger partial charge in [-0.25, -0.2) is 0 Å². The van der Waals surface area contributed by atoms with Gasteiger partial charge in [-0.05, 0) is 55.6 Å². The Kier molecular flexibility index (Phi) is 6.92. The van der Waals surface area contributed by atoms with Gasteiger partial charge in [-0.2, -0.15) is 0 Å². The van der Waals surface area contributed by atoms with E-state index in [2.05, 4.69) is 28.3 Å². The maximum absolute atomic E-state index is 12.3. The lowest BCUT2D eigenvalue weighted by atomic mass is 10.1. The fraction of sp³-hybridized carbons (Fsp3) is 0.333. The highest BCUT2D eigenvalue weighted by molar-refractivity contribution is 7.20. The van der Waals surface area contributed by atoms with Crippen LogP contribution in [0.4, 0.5) is 0 Å². The molecule has 27 heavy (non-hydrogen) atoms. The van der Waals surface area contributed by atoms with Crippen molar-refractivity contribution in [2.45, 2.75) is 19.4 Å². The maximum atomic E-state index is 12.3.